The highest BCUT2D eigenvalue weighted by atomic mass is 19.4. The Hall–Kier alpha value is -2.54. The summed E-state index contributed by atoms with van der Waals surface area (Å²) in [5, 5.41) is 12.3. The monoisotopic (exact) mass is 338 g/mol. The Bertz CT molecular complexity index is 765. The predicted octanol–water partition coefficient (Wildman–Crippen LogP) is 4.09. The quantitative estimate of drug-likeness (QED) is 0.788. The highest BCUT2D eigenvalue weighted by Crippen LogP contribution is 2.36. The fourth-order valence-electron chi connectivity index (χ4n) is 2.28. The van der Waals surface area contributed by atoms with Gasteiger partial charge in [-0.1, -0.05) is 24.3 Å². The lowest BCUT2D eigenvalue weighted by atomic mass is 9.93. The van der Waals surface area contributed by atoms with Crippen molar-refractivity contribution < 1.29 is 23.1 Å². The normalized spacial score (nSPS) is 12.1. The molecule has 128 valence electrons. The van der Waals surface area contributed by atoms with Gasteiger partial charge < -0.3 is 16.2 Å². The number of aliphatic hydroxyl groups is 1. The first kappa shape index (κ1) is 17.8. The molecule has 0 saturated heterocycles. The fourth-order valence-corrected chi connectivity index (χ4v) is 2.28. The molecule has 2 aromatic rings. The summed E-state index contributed by atoms with van der Waals surface area (Å²) in [7, 11) is 0. The third-order valence-corrected chi connectivity index (χ3v) is 3.48. The number of halogens is 3. The Balaban J connectivity index is 2.59. The summed E-state index contributed by atoms with van der Waals surface area (Å²) < 4.78 is 38.6. The molecular weight excluding hydrogens is 321 g/mol. The van der Waals surface area contributed by atoms with Gasteiger partial charge in [0.1, 0.15) is 0 Å². The minimum atomic E-state index is -4.54. The molecule has 2 aromatic carbocycles. The van der Waals surface area contributed by atoms with Gasteiger partial charge in [-0.15, -0.1) is 0 Å². The molecule has 0 aliphatic heterocycles. The van der Waals surface area contributed by atoms with Crippen LogP contribution in [0.3, 0.4) is 0 Å². The number of nitrogens with two attached hydrogens (primary N) is 1. The van der Waals surface area contributed by atoms with Crippen LogP contribution in [0.5, 0.6) is 0 Å². The first-order chi connectivity index (χ1) is 11.0. The molecule has 2 amide bonds. The summed E-state index contributed by atoms with van der Waals surface area (Å²) >= 11 is 0. The van der Waals surface area contributed by atoms with Gasteiger partial charge in [-0.2, -0.15) is 13.2 Å². The van der Waals surface area contributed by atoms with E-state index in [4.69, 9.17) is 5.73 Å². The Labute approximate surface area is 137 Å². The molecule has 0 radical (unpaired) electrons. The van der Waals surface area contributed by atoms with Crippen LogP contribution in [-0.2, 0) is 11.8 Å². The number of nitrogens with one attached hydrogen (secondary N) is 1. The van der Waals surface area contributed by atoms with Crippen molar-refractivity contribution in [3.63, 3.8) is 0 Å². The molecule has 0 saturated carbocycles. The molecule has 0 spiro atoms. The Morgan fingerprint density at radius 1 is 1.08 bits per heavy atom. The number of urea groups is 1. The zero-order valence-corrected chi connectivity index (χ0v) is 13.1. The van der Waals surface area contributed by atoms with E-state index >= 15 is 0 Å². The fraction of sp³-hybridized carbons (Fsp3) is 0.235. The van der Waals surface area contributed by atoms with Crippen molar-refractivity contribution in [2.75, 3.05) is 5.32 Å². The summed E-state index contributed by atoms with van der Waals surface area (Å²) in [5.74, 6) is 0. The van der Waals surface area contributed by atoms with E-state index in [1.807, 2.05) is 0 Å². The maximum Gasteiger partial charge on any atom is 0.416 e. The molecule has 0 aromatic heterocycles. The van der Waals surface area contributed by atoms with Gasteiger partial charge in [-0.3, -0.25) is 0 Å². The first-order valence-electron chi connectivity index (χ1n) is 7.09. The van der Waals surface area contributed by atoms with Crippen LogP contribution in [0.15, 0.2) is 42.5 Å². The number of anilines is 1. The van der Waals surface area contributed by atoms with Crippen molar-refractivity contribution in [2.45, 2.75) is 25.6 Å². The molecule has 0 heterocycles. The number of primary amides is 1. The van der Waals surface area contributed by atoms with Crippen molar-refractivity contribution >= 4 is 11.7 Å². The smallest absolute Gasteiger partial charge is 0.386 e. The largest absolute Gasteiger partial charge is 0.416 e. The Morgan fingerprint density at radius 3 is 2.29 bits per heavy atom. The van der Waals surface area contributed by atoms with Crippen LogP contribution in [0.25, 0.3) is 11.1 Å². The van der Waals surface area contributed by atoms with E-state index in [2.05, 4.69) is 5.32 Å². The molecule has 7 heteroatoms. The molecule has 0 aliphatic carbocycles. The summed E-state index contributed by atoms with van der Waals surface area (Å²) in [4.78, 5) is 11.1. The molecule has 0 atom stereocenters. The molecule has 4 N–H and O–H groups in total. The van der Waals surface area contributed by atoms with E-state index < -0.39 is 23.4 Å². The molecule has 0 aliphatic rings. The average molecular weight is 338 g/mol. The third-order valence-electron chi connectivity index (χ3n) is 3.48. The van der Waals surface area contributed by atoms with Crippen LogP contribution >= 0.6 is 0 Å². The van der Waals surface area contributed by atoms with Crippen molar-refractivity contribution in [3.05, 3.63) is 53.6 Å². The molecule has 24 heavy (non-hydrogen) atoms. The number of carbonyl (C=O) groups is 1. The second kappa shape index (κ2) is 6.16. The molecule has 4 nitrogen and oxygen atoms in total. The minimum absolute atomic E-state index is 0.0507. The lowest BCUT2D eigenvalue weighted by Gasteiger charge is -2.19. The predicted molar refractivity (Wildman–Crippen MR) is 85.3 cm³/mol. The zero-order valence-electron chi connectivity index (χ0n) is 13.1. The van der Waals surface area contributed by atoms with Crippen molar-refractivity contribution in [1.82, 2.24) is 0 Å². The van der Waals surface area contributed by atoms with Gasteiger partial charge in [0, 0.05) is 5.56 Å². The number of carbonyl (C=O) groups excluding carboxylic acids is 1. The Kier molecular flexibility index (Phi) is 4.57. The third kappa shape index (κ3) is 4.05. The van der Waals surface area contributed by atoms with E-state index in [1.54, 1.807) is 38.1 Å². The molecule has 0 unspecified atom stereocenters. The number of alkyl halides is 3. The second-order valence-corrected chi connectivity index (χ2v) is 5.89. The van der Waals surface area contributed by atoms with E-state index in [0.717, 1.165) is 12.1 Å². The van der Waals surface area contributed by atoms with Crippen molar-refractivity contribution in [1.29, 1.82) is 0 Å². The van der Waals surface area contributed by atoms with Gasteiger partial charge in [-0.05, 0) is 43.2 Å². The lowest BCUT2D eigenvalue weighted by molar-refractivity contribution is -0.137. The van der Waals surface area contributed by atoms with Crippen LogP contribution in [-0.4, -0.2) is 11.1 Å². The summed E-state index contributed by atoms with van der Waals surface area (Å²) in [6.07, 6.45) is -4.54. The topological polar surface area (TPSA) is 75.3 Å². The van der Waals surface area contributed by atoms with Gasteiger partial charge in [0.25, 0.3) is 0 Å². The SMILES string of the molecule is CC(C)(O)c1cccc(-c2ccc(C(F)(F)F)cc2NC(N)=O)c1. The van der Waals surface area contributed by atoms with Gasteiger partial charge >= 0.3 is 12.2 Å². The standard InChI is InChI=1S/C17H17F3N2O2/c1-16(2,24)11-5-3-4-10(8-11)13-7-6-12(17(18,19)20)9-14(13)22-15(21)23/h3-9,24H,1-2H3,(H3,21,22,23). The van der Waals surface area contributed by atoms with E-state index in [1.165, 1.54) is 6.07 Å². The van der Waals surface area contributed by atoms with E-state index in [0.29, 0.717) is 16.7 Å². The zero-order chi connectivity index (χ0) is 18.1. The molecular formula is C17H17F3N2O2. The number of benzene rings is 2. The summed E-state index contributed by atoms with van der Waals surface area (Å²) in [6.45, 7) is 3.20. The summed E-state index contributed by atoms with van der Waals surface area (Å²) in [5.41, 5.74) is 4.51. The highest BCUT2D eigenvalue weighted by molar-refractivity contribution is 5.93. The van der Waals surface area contributed by atoms with Gasteiger partial charge in [0.15, 0.2) is 0 Å². The van der Waals surface area contributed by atoms with Gasteiger partial charge in [0.2, 0.25) is 0 Å². The van der Waals surface area contributed by atoms with E-state index in [9.17, 15) is 23.1 Å². The summed E-state index contributed by atoms with van der Waals surface area (Å²) in [6, 6.07) is 8.75. The van der Waals surface area contributed by atoms with Crippen molar-refractivity contribution in [2.24, 2.45) is 5.73 Å². The molecule has 0 bridgehead atoms. The number of hydrogen-bond acceptors (Lipinski definition) is 2. The van der Waals surface area contributed by atoms with Crippen LogP contribution in [0, 0.1) is 0 Å². The van der Waals surface area contributed by atoms with Crippen molar-refractivity contribution in [3.8, 4) is 11.1 Å². The van der Waals surface area contributed by atoms with Crippen LogP contribution in [0.4, 0.5) is 23.7 Å². The number of amides is 2. The van der Waals surface area contributed by atoms with Crippen LogP contribution < -0.4 is 11.1 Å². The second-order valence-electron chi connectivity index (χ2n) is 5.89. The minimum Gasteiger partial charge on any atom is -0.386 e. The number of rotatable bonds is 3. The molecule has 2 rings (SSSR count). The maximum atomic E-state index is 12.9. The molecule has 0 fully saturated rings. The van der Waals surface area contributed by atoms with Gasteiger partial charge in [0.05, 0.1) is 16.9 Å². The maximum absolute atomic E-state index is 12.9. The van der Waals surface area contributed by atoms with Crippen LogP contribution in [0.1, 0.15) is 25.0 Å². The van der Waals surface area contributed by atoms with Gasteiger partial charge in [-0.25, -0.2) is 4.79 Å². The highest BCUT2D eigenvalue weighted by Gasteiger charge is 2.31. The average Bonchev–Trinajstić information content (AvgIpc) is 2.45. The van der Waals surface area contributed by atoms with Crippen LogP contribution in [0.2, 0.25) is 0 Å². The number of hydrogen-bond donors (Lipinski definition) is 3. The lowest BCUT2D eigenvalue weighted by Crippen LogP contribution is -2.20. The van der Waals surface area contributed by atoms with E-state index in [-0.39, 0.29) is 5.69 Å². The Morgan fingerprint density at radius 2 is 1.75 bits per heavy atom. The first-order valence-corrected chi connectivity index (χ1v) is 7.09.